The molecule has 6 heteroatoms. The van der Waals surface area contributed by atoms with Crippen LogP contribution in [0, 0.1) is 0 Å². The second-order valence-electron chi connectivity index (χ2n) is 4.28. The van der Waals surface area contributed by atoms with Gasteiger partial charge in [-0.25, -0.2) is 4.79 Å². The highest BCUT2D eigenvalue weighted by atomic mass is 16.5. The van der Waals surface area contributed by atoms with Gasteiger partial charge < -0.3 is 19.2 Å². The number of carbonyl (C=O) groups excluding carboxylic acids is 2. The zero-order chi connectivity index (χ0) is 15.0. The number of furan rings is 1. The van der Waals surface area contributed by atoms with Crippen molar-refractivity contribution in [3.05, 3.63) is 23.7 Å². The lowest BCUT2D eigenvalue weighted by molar-refractivity contribution is -0.143. The third kappa shape index (κ3) is 5.05. The number of esters is 2. The third-order valence-corrected chi connectivity index (χ3v) is 2.75. The molecule has 1 heterocycles. The van der Waals surface area contributed by atoms with Crippen molar-refractivity contribution in [3.63, 3.8) is 0 Å². The van der Waals surface area contributed by atoms with Gasteiger partial charge in [-0.05, 0) is 38.9 Å². The van der Waals surface area contributed by atoms with Crippen molar-refractivity contribution >= 4 is 11.9 Å². The van der Waals surface area contributed by atoms with Crippen molar-refractivity contribution in [3.8, 4) is 0 Å². The van der Waals surface area contributed by atoms with Gasteiger partial charge in [0.2, 0.25) is 5.76 Å². The summed E-state index contributed by atoms with van der Waals surface area (Å²) in [4.78, 5) is 22.4. The number of hydrogen-bond donors (Lipinski definition) is 1. The summed E-state index contributed by atoms with van der Waals surface area (Å²) in [6.45, 7) is 4.78. The number of methoxy groups -OCH3 is 1. The summed E-state index contributed by atoms with van der Waals surface area (Å²) in [7, 11) is 1.31. The first-order valence-corrected chi connectivity index (χ1v) is 6.65. The monoisotopic (exact) mass is 283 g/mol. The predicted octanol–water partition coefficient (Wildman–Crippen LogP) is 2.06. The molecule has 20 heavy (non-hydrogen) atoms. The summed E-state index contributed by atoms with van der Waals surface area (Å²) in [6.07, 6.45) is 1.08. The van der Waals surface area contributed by atoms with Crippen LogP contribution >= 0.6 is 0 Å². The lowest BCUT2D eigenvalue weighted by atomic mass is 10.2. The molecule has 0 bridgehead atoms. The third-order valence-electron chi connectivity index (χ3n) is 2.75. The van der Waals surface area contributed by atoms with E-state index in [9.17, 15) is 9.59 Å². The van der Waals surface area contributed by atoms with E-state index in [4.69, 9.17) is 9.15 Å². The summed E-state index contributed by atoms with van der Waals surface area (Å²) in [5, 5.41) is 3.21. The van der Waals surface area contributed by atoms with Gasteiger partial charge in [-0.2, -0.15) is 0 Å². The normalized spacial score (nSPS) is 11.9. The Morgan fingerprint density at radius 2 is 2.15 bits per heavy atom. The van der Waals surface area contributed by atoms with Crippen LogP contribution in [0.5, 0.6) is 0 Å². The Morgan fingerprint density at radius 3 is 2.80 bits per heavy atom. The van der Waals surface area contributed by atoms with Crippen molar-refractivity contribution in [2.45, 2.75) is 32.7 Å². The Morgan fingerprint density at radius 1 is 1.40 bits per heavy atom. The average Bonchev–Trinajstić information content (AvgIpc) is 2.92. The molecule has 0 radical (unpaired) electrons. The SMILES string of the molecule is CCOC(=O)CCCNC(C)c1ccc(C(=O)OC)o1. The molecule has 1 aromatic heterocycles. The molecule has 0 aliphatic rings. The standard InChI is InChI=1S/C14H21NO5/c1-4-19-13(16)6-5-9-15-10(2)11-7-8-12(20-11)14(17)18-3/h7-8,10,15H,4-6,9H2,1-3H3. The minimum atomic E-state index is -0.495. The molecule has 0 saturated heterocycles. The molecule has 1 rings (SSSR count). The van der Waals surface area contributed by atoms with Crippen LogP contribution in [0.15, 0.2) is 16.5 Å². The van der Waals surface area contributed by atoms with E-state index in [0.29, 0.717) is 31.8 Å². The Kier molecular flexibility index (Phi) is 6.79. The molecule has 1 aromatic rings. The maximum Gasteiger partial charge on any atom is 0.373 e. The quantitative estimate of drug-likeness (QED) is 0.581. The molecule has 0 spiro atoms. The van der Waals surface area contributed by atoms with Crippen LogP contribution < -0.4 is 5.32 Å². The fourth-order valence-corrected chi connectivity index (χ4v) is 1.68. The van der Waals surface area contributed by atoms with Crippen LogP contribution in [0.4, 0.5) is 0 Å². The Balaban J connectivity index is 2.32. The van der Waals surface area contributed by atoms with Crippen LogP contribution in [0.1, 0.15) is 49.0 Å². The van der Waals surface area contributed by atoms with E-state index < -0.39 is 5.97 Å². The molecule has 0 amide bonds. The molecule has 6 nitrogen and oxygen atoms in total. The van der Waals surface area contributed by atoms with E-state index in [-0.39, 0.29) is 17.8 Å². The van der Waals surface area contributed by atoms with Gasteiger partial charge in [-0.1, -0.05) is 0 Å². The van der Waals surface area contributed by atoms with Crippen LogP contribution in [-0.4, -0.2) is 32.2 Å². The molecule has 1 unspecified atom stereocenters. The minimum Gasteiger partial charge on any atom is -0.466 e. The van der Waals surface area contributed by atoms with E-state index in [2.05, 4.69) is 10.1 Å². The molecule has 112 valence electrons. The lowest BCUT2D eigenvalue weighted by Crippen LogP contribution is -2.20. The molecular weight excluding hydrogens is 262 g/mol. The van der Waals surface area contributed by atoms with Gasteiger partial charge >= 0.3 is 11.9 Å². The molecular formula is C14H21NO5. The highest BCUT2D eigenvalue weighted by molar-refractivity contribution is 5.86. The summed E-state index contributed by atoms with van der Waals surface area (Å²) < 4.78 is 14.8. The number of hydrogen-bond acceptors (Lipinski definition) is 6. The topological polar surface area (TPSA) is 77.8 Å². The van der Waals surface area contributed by atoms with Crippen LogP contribution in [0.2, 0.25) is 0 Å². The molecule has 0 aromatic carbocycles. The van der Waals surface area contributed by atoms with Crippen LogP contribution in [-0.2, 0) is 14.3 Å². The first kappa shape index (κ1) is 16.2. The van der Waals surface area contributed by atoms with E-state index in [1.807, 2.05) is 6.92 Å². The second kappa shape index (κ2) is 8.37. The first-order chi connectivity index (χ1) is 9.58. The van der Waals surface area contributed by atoms with Crippen LogP contribution in [0.3, 0.4) is 0 Å². The maximum atomic E-state index is 11.3. The highest BCUT2D eigenvalue weighted by Gasteiger charge is 2.14. The summed E-state index contributed by atoms with van der Waals surface area (Å²) in [5.41, 5.74) is 0. The van der Waals surface area contributed by atoms with Gasteiger partial charge in [-0.15, -0.1) is 0 Å². The van der Waals surface area contributed by atoms with Crippen molar-refractivity contribution < 1.29 is 23.5 Å². The van der Waals surface area contributed by atoms with E-state index in [1.54, 1.807) is 19.1 Å². The van der Waals surface area contributed by atoms with Crippen molar-refractivity contribution in [2.75, 3.05) is 20.3 Å². The Labute approximate surface area is 118 Å². The van der Waals surface area contributed by atoms with Gasteiger partial charge in [0.25, 0.3) is 0 Å². The predicted molar refractivity (Wildman–Crippen MR) is 72.3 cm³/mol. The molecule has 1 N–H and O–H groups in total. The first-order valence-electron chi connectivity index (χ1n) is 6.65. The average molecular weight is 283 g/mol. The Hall–Kier alpha value is -1.82. The zero-order valence-electron chi connectivity index (χ0n) is 12.1. The zero-order valence-corrected chi connectivity index (χ0v) is 12.1. The molecule has 0 aliphatic carbocycles. The van der Waals surface area contributed by atoms with Gasteiger partial charge in [0.1, 0.15) is 5.76 Å². The fourth-order valence-electron chi connectivity index (χ4n) is 1.68. The van der Waals surface area contributed by atoms with Gasteiger partial charge in [0.15, 0.2) is 0 Å². The van der Waals surface area contributed by atoms with Gasteiger partial charge in [-0.3, -0.25) is 4.79 Å². The second-order valence-corrected chi connectivity index (χ2v) is 4.28. The van der Waals surface area contributed by atoms with Crippen LogP contribution in [0.25, 0.3) is 0 Å². The van der Waals surface area contributed by atoms with E-state index in [0.717, 1.165) is 0 Å². The van der Waals surface area contributed by atoms with Crippen molar-refractivity contribution in [1.29, 1.82) is 0 Å². The molecule has 1 atom stereocenters. The summed E-state index contributed by atoms with van der Waals surface area (Å²) in [5.74, 6) is 0.155. The Bertz CT molecular complexity index is 441. The lowest BCUT2D eigenvalue weighted by Gasteiger charge is -2.10. The van der Waals surface area contributed by atoms with Crippen molar-refractivity contribution in [1.82, 2.24) is 5.32 Å². The number of nitrogens with one attached hydrogen (secondary N) is 1. The summed E-state index contributed by atoms with van der Waals surface area (Å²) in [6, 6.07) is 3.27. The summed E-state index contributed by atoms with van der Waals surface area (Å²) >= 11 is 0. The number of carbonyl (C=O) groups is 2. The smallest absolute Gasteiger partial charge is 0.373 e. The molecule has 0 aliphatic heterocycles. The maximum absolute atomic E-state index is 11.3. The minimum absolute atomic E-state index is 0.0457. The highest BCUT2D eigenvalue weighted by Crippen LogP contribution is 2.16. The van der Waals surface area contributed by atoms with Gasteiger partial charge in [0.05, 0.1) is 19.8 Å². The van der Waals surface area contributed by atoms with E-state index >= 15 is 0 Å². The number of rotatable bonds is 8. The van der Waals surface area contributed by atoms with Crippen molar-refractivity contribution in [2.24, 2.45) is 0 Å². The number of ether oxygens (including phenoxy) is 2. The van der Waals surface area contributed by atoms with Gasteiger partial charge in [0, 0.05) is 6.42 Å². The largest absolute Gasteiger partial charge is 0.466 e. The molecule has 0 saturated carbocycles. The van der Waals surface area contributed by atoms with E-state index in [1.165, 1.54) is 7.11 Å². The molecule has 0 fully saturated rings. The fraction of sp³-hybridized carbons (Fsp3) is 0.571.